The zero-order valence-corrected chi connectivity index (χ0v) is 15.2. The van der Waals surface area contributed by atoms with Gasteiger partial charge in [0.2, 0.25) is 5.91 Å². The van der Waals surface area contributed by atoms with Crippen LogP contribution in [0.1, 0.15) is 37.8 Å². The second-order valence-electron chi connectivity index (χ2n) is 5.35. The average molecular weight is 399 g/mol. The third-order valence-electron chi connectivity index (χ3n) is 3.37. The Morgan fingerprint density at radius 3 is 2.27 bits per heavy atom. The monoisotopic (exact) mass is 398 g/mol. The molecule has 0 saturated carbocycles. The summed E-state index contributed by atoms with van der Waals surface area (Å²) in [5, 5.41) is 2.62. The molecule has 0 spiro atoms. The number of nitrogens with one attached hydrogen (secondary N) is 1. The van der Waals surface area contributed by atoms with Gasteiger partial charge in [-0.25, -0.2) is 0 Å². The van der Waals surface area contributed by atoms with E-state index in [1.54, 1.807) is 0 Å². The molecule has 0 aliphatic carbocycles. The van der Waals surface area contributed by atoms with Crippen LogP contribution in [0.4, 0.5) is 13.2 Å². The first-order chi connectivity index (χ1) is 11.7. The molecule has 3 N–H and O–H groups in total. The first-order valence-corrected chi connectivity index (χ1v) is 7.64. The van der Waals surface area contributed by atoms with Gasteiger partial charge >= 0.3 is 12.3 Å². The molecule has 148 valence electrons. The van der Waals surface area contributed by atoms with Crippen LogP contribution in [-0.2, 0) is 14.3 Å². The van der Waals surface area contributed by atoms with Crippen molar-refractivity contribution in [2.75, 3.05) is 7.11 Å². The Morgan fingerprint density at radius 1 is 1.23 bits per heavy atom. The maximum Gasteiger partial charge on any atom is 0.573 e. The molecule has 0 saturated heterocycles. The molecule has 10 heteroatoms. The van der Waals surface area contributed by atoms with E-state index in [1.165, 1.54) is 19.2 Å². The Hall–Kier alpha value is -2.00. The summed E-state index contributed by atoms with van der Waals surface area (Å²) in [6, 6.07) is 3.36. The van der Waals surface area contributed by atoms with E-state index in [9.17, 15) is 22.8 Å². The van der Waals surface area contributed by atoms with Crippen molar-refractivity contribution >= 4 is 24.3 Å². The fraction of sp³-hybridized carbons (Fsp3) is 0.500. The predicted molar refractivity (Wildman–Crippen MR) is 90.8 cm³/mol. The largest absolute Gasteiger partial charge is 0.573 e. The molecule has 1 rings (SSSR count). The number of esters is 1. The SMILES string of the molecule is CCCC(N)C(=O)NC(CC(=O)OC)c1ccc(OC(F)(F)F)cc1.Cl. The number of ether oxygens (including phenoxy) is 2. The van der Waals surface area contributed by atoms with Crippen molar-refractivity contribution in [2.45, 2.75) is 44.6 Å². The molecule has 0 fully saturated rings. The Labute approximate surface area is 155 Å². The summed E-state index contributed by atoms with van der Waals surface area (Å²) < 4.78 is 45.0. The summed E-state index contributed by atoms with van der Waals surface area (Å²) in [6.45, 7) is 1.87. The highest BCUT2D eigenvalue weighted by atomic mass is 35.5. The number of nitrogens with two attached hydrogens (primary N) is 1. The van der Waals surface area contributed by atoms with Gasteiger partial charge in [0.15, 0.2) is 0 Å². The molecule has 1 amide bonds. The maximum atomic E-state index is 12.2. The van der Waals surface area contributed by atoms with E-state index in [-0.39, 0.29) is 18.8 Å². The molecule has 2 unspecified atom stereocenters. The van der Waals surface area contributed by atoms with E-state index >= 15 is 0 Å². The molecule has 0 radical (unpaired) electrons. The summed E-state index contributed by atoms with van der Waals surface area (Å²) >= 11 is 0. The highest BCUT2D eigenvalue weighted by Crippen LogP contribution is 2.25. The van der Waals surface area contributed by atoms with E-state index in [2.05, 4.69) is 14.8 Å². The molecule has 0 heterocycles. The van der Waals surface area contributed by atoms with E-state index < -0.39 is 36.1 Å². The van der Waals surface area contributed by atoms with Crippen LogP contribution in [0.5, 0.6) is 5.75 Å². The number of hydrogen-bond acceptors (Lipinski definition) is 5. The molecule has 26 heavy (non-hydrogen) atoms. The number of halogens is 4. The summed E-state index contributed by atoms with van der Waals surface area (Å²) in [5.41, 5.74) is 6.17. The quantitative estimate of drug-likeness (QED) is 0.657. The smallest absolute Gasteiger partial charge is 0.469 e. The van der Waals surface area contributed by atoms with E-state index in [1.807, 2.05) is 6.92 Å². The van der Waals surface area contributed by atoms with Gasteiger partial charge in [0.1, 0.15) is 5.75 Å². The standard InChI is InChI=1S/C16H21F3N2O4.ClH/c1-3-4-12(20)15(23)21-13(9-14(22)24-2)10-5-7-11(8-6-10)25-16(17,18)19;/h5-8,12-13H,3-4,9,20H2,1-2H3,(H,21,23);1H. The van der Waals surface area contributed by atoms with Crippen molar-refractivity contribution in [3.05, 3.63) is 29.8 Å². The summed E-state index contributed by atoms with van der Waals surface area (Å²) in [5.74, 6) is -1.43. The van der Waals surface area contributed by atoms with Gasteiger partial charge in [0.25, 0.3) is 0 Å². The van der Waals surface area contributed by atoms with Crippen LogP contribution in [0, 0.1) is 0 Å². The van der Waals surface area contributed by atoms with Crippen molar-refractivity contribution in [1.29, 1.82) is 0 Å². The molecule has 1 aromatic carbocycles. The minimum absolute atomic E-state index is 0. The first kappa shape index (κ1) is 24.0. The third-order valence-corrected chi connectivity index (χ3v) is 3.37. The summed E-state index contributed by atoms with van der Waals surface area (Å²) in [7, 11) is 1.20. The number of carbonyl (C=O) groups excluding carboxylic acids is 2. The van der Waals surface area contributed by atoms with Crippen LogP contribution in [0.3, 0.4) is 0 Å². The van der Waals surface area contributed by atoms with Gasteiger partial charge in [-0.05, 0) is 24.1 Å². The highest BCUT2D eigenvalue weighted by molar-refractivity contribution is 5.85. The van der Waals surface area contributed by atoms with Gasteiger partial charge < -0.3 is 20.5 Å². The van der Waals surface area contributed by atoms with Crippen LogP contribution in [0.15, 0.2) is 24.3 Å². The van der Waals surface area contributed by atoms with E-state index in [4.69, 9.17) is 5.73 Å². The molecule has 0 bridgehead atoms. The van der Waals surface area contributed by atoms with Gasteiger partial charge in [0.05, 0.1) is 25.6 Å². The summed E-state index contributed by atoms with van der Waals surface area (Å²) in [4.78, 5) is 23.6. The van der Waals surface area contributed by atoms with Crippen molar-refractivity contribution in [2.24, 2.45) is 5.73 Å². The number of alkyl halides is 3. The first-order valence-electron chi connectivity index (χ1n) is 7.64. The van der Waals surface area contributed by atoms with E-state index in [0.717, 1.165) is 12.1 Å². The topological polar surface area (TPSA) is 90.7 Å². The zero-order chi connectivity index (χ0) is 19.0. The molecular weight excluding hydrogens is 377 g/mol. The molecular formula is C16H22ClF3N2O4. The highest BCUT2D eigenvalue weighted by Gasteiger charge is 2.31. The lowest BCUT2D eigenvalue weighted by atomic mass is 10.0. The fourth-order valence-electron chi connectivity index (χ4n) is 2.12. The van der Waals surface area contributed by atoms with Crippen molar-refractivity contribution in [3.63, 3.8) is 0 Å². The molecule has 0 aliphatic heterocycles. The van der Waals surface area contributed by atoms with Crippen molar-refractivity contribution in [3.8, 4) is 5.75 Å². The Balaban J connectivity index is 0.00000625. The average Bonchev–Trinajstić information content (AvgIpc) is 2.53. The Bertz CT molecular complexity index is 582. The lowest BCUT2D eigenvalue weighted by Crippen LogP contribution is -2.42. The lowest BCUT2D eigenvalue weighted by molar-refractivity contribution is -0.274. The number of carbonyl (C=O) groups is 2. The molecule has 1 aromatic rings. The molecule has 0 aliphatic rings. The van der Waals surface area contributed by atoms with Crippen LogP contribution < -0.4 is 15.8 Å². The van der Waals surface area contributed by atoms with Crippen LogP contribution in [0.25, 0.3) is 0 Å². The summed E-state index contributed by atoms with van der Waals surface area (Å²) in [6.07, 6.45) is -3.80. The number of amides is 1. The second-order valence-corrected chi connectivity index (χ2v) is 5.35. The van der Waals surface area contributed by atoms with Crippen LogP contribution >= 0.6 is 12.4 Å². The van der Waals surface area contributed by atoms with Gasteiger partial charge in [-0.15, -0.1) is 25.6 Å². The number of hydrogen-bond donors (Lipinski definition) is 2. The third kappa shape index (κ3) is 8.39. The number of benzene rings is 1. The van der Waals surface area contributed by atoms with Crippen molar-refractivity contribution < 1.29 is 32.2 Å². The second kappa shape index (κ2) is 10.9. The lowest BCUT2D eigenvalue weighted by Gasteiger charge is -2.21. The van der Waals surface area contributed by atoms with Gasteiger partial charge in [-0.2, -0.15) is 0 Å². The molecule has 6 nitrogen and oxygen atoms in total. The number of methoxy groups -OCH3 is 1. The van der Waals surface area contributed by atoms with Gasteiger partial charge in [-0.3, -0.25) is 9.59 Å². The zero-order valence-electron chi connectivity index (χ0n) is 14.3. The van der Waals surface area contributed by atoms with Gasteiger partial charge in [-0.1, -0.05) is 25.5 Å². The minimum Gasteiger partial charge on any atom is -0.469 e. The van der Waals surface area contributed by atoms with E-state index in [0.29, 0.717) is 18.4 Å². The molecule has 2 atom stereocenters. The van der Waals surface area contributed by atoms with Crippen molar-refractivity contribution in [1.82, 2.24) is 5.32 Å². The Morgan fingerprint density at radius 2 is 1.81 bits per heavy atom. The predicted octanol–water partition coefficient (Wildman–Crippen LogP) is 2.85. The fourth-order valence-corrected chi connectivity index (χ4v) is 2.12. The normalized spacial score (nSPS) is 13.2. The Kier molecular flexibility index (Phi) is 10.0. The number of rotatable bonds is 8. The molecule has 0 aromatic heterocycles. The van der Waals surface area contributed by atoms with Gasteiger partial charge in [0, 0.05) is 0 Å². The maximum absolute atomic E-state index is 12.2. The van der Waals surface area contributed by atoms with Crippen LogP contribution in [0.2, 0.25) is 0 Å². The minimum atomic E-state index is -4.80. The van der Waals surface area contributed by atoms with Crippen LogP contribution in [-0.4, -0.2) is 31.4 Å².